The highest BCUT2D eigenvalue weighted by Gasteiger charge is 2.08. The van der Waals surface area contributed by atoms with Gasteiger partial charge in [-0.1, -0.05) is 48.6 Å². The van der Waals surface area contributed by atoms with Crippen molar-refractivity contribution in [3.8, 4) is 5.75 Å². The molecule has 3 heteroatoms. The standard InChI is InChI=1S/C24H26O3/c1-16(14-24(25)26)6-7-20-8-10-21(11-9-20)12-13-22-17(2)15-23(27-5)19(4)18(22)3/h6-15H,1-5H3,(H,25,26)/b7-6+,13-12+,16-14+. The van der Waals surface area contributed by atoms with Gasteiger partial charge in [-0.15, -0.1) is 0 Å². The van der Waals surface area contributed by atoms with Gasteiger partial charge in [-0.2, -0.15) is 0 Å². The number of benzene rings is 2. The van der Waals surface area contributed by atoms with Crippen LogP contribution in [-0.4, -0.2) is 18.2 Å². The molecular formula is C24H26O3. The third kappa shape index (κ3) is 5.45. The Morgan fingerprint density at radius 3 is 2.11 bits per heavy atom. The molecule has 0 atom stereocenters. The molecule has 27 heavy (non-hydrogen) atoms. The topological polar surface area (TPSA) is 46.5 Å². The highest BCUT2D eigenvalue weighted by Crippen LogP contribution is 2.28. The van der Waals surface area contributed by atoms with Gasteiger partial charge in [-0.05, 0) is 72.7 Å². The van der Waals surface area contributed by atoms with Gasteiger partial charge < -0.3 is 9.84 Å². The first-order chi connectivity index (χ1) is 12.8. The van der Waals surface area contributed by atoms with E-state index in [0.717, 1.165) is 22.4 Å². The molecule has 1 N–H and O–H groups in total. The lowest BCUT2D eigenvalue weighted by atomic mass is 9.96. The molecule has 140 valence electrons. The number of allylic oxidation sites excluding steroid dienone is 2. The maximum atomic E-state index is 10.6. The Morgan fingerprint density at radius 1 is 0.963 bits per heavy atom. The minimum absolute atomic E-state index is 0.701. The number of ether oxygens (including phenoxy) is 1. The molecule has 0 bridgehead atoms. The van der Waals surface area contributed by atoms with E-state index in [-0.39, 0.29) is 0 Å². The lowest BCUT2D eigenvalue weighted by Crippen LogP contribution is -1.95. The van der Waals surface area contributed by atoms with E-state index in [1.54, 1.807) is 20.1 Å². The van der Waals surface area contributed by atoms with Gasteiger partial charge in [0.05, 0.1) is 7.11 Å². The normalized spacial score (nSPS) is 12.1. The largest absolute Gasteiger partial charge is 0.496 e. The number of aryl methyl sites for hydroxylation is 1. The summed E-state index contributed by atoms with van der Waals surface area (Å²) < 4.78 is 5.43. The molecule has 0 aliphatic carbocycles. The van der Waals surface area contributed by atoms with E-state index >= 15 is 0 Å². The maximum Gasteiger partial charge on any atom is 0.328 e. The van der Waals surface area contributed by atoms with Crippen molar-refractivity contribution in [2.45, 2.75) is 27.7 Å². The molecule has 2 aromatic rings. The Labute approximate surface area is 161 Å². The third-order valence-electron chi connectivity index (χ3n) is 4.60. The van der Waals surface area contributed by atoms with Gasteiger partial charge in [0.1, 0.15) is 5.75 Å². The van der Waals surface area contributed by atoms with E-state index in [1.807, 2.05) is 30.3 Å². The van der Waals surface area contributed by atoms with Gasteiger partial charge in [0.15, 0.2) is 0 Å². The van der Waals surface area contributed by atoms with E-state index in [2.05, 4.69) is 39.0 Å². The fourth-order valence-corrected chi connectivity index (χ4v) is 2.90. The molecule has 0 radical (unpaired) electrons. The first-order valence-electron chi connectivity index (χ1n) is 8.84. The van der Waals surface area contributed by atoms with E-state index < -0.39 is 5.97 Å². The number of rotatable bonds is 6. The first kappa shape index (κ1) is 20.2. The van der Waals surface area contributed by atoms with Crippen LogP contribution >= 0.6 is 0 Å². The molecule has 3 nitrogen and oxygen atoms in total. The summed E-state index contributed by atoms with van der Waals surface area (Å²) in [6.07, 6.45) is 9.14. The Hall–Kier alpha value is -3.07. The van der Waals surface area contributed by atoms with Crippen LogP contribution in [0.15, 0.2) is 48.1 Å². The quantitative estimate of drug-likeness (QED) is 0.399. The highest BCUT2D eigenvalue weighted by molar-refractivity contribution is 5.81. The van der Waals surface area contributed by atoms with Crippen LogP contribution in [0.2, 0.25) is 0 Å². The molecule has 0 aromatic heterocycles. The van der Waals surface area contributed by atoms with Gasteiger partial charge in [0, 0.05) is 6.08 Å². The Balaban J connectivity index is 2.19. The highest BCUT2D eigenvalue weighted by atomic mass is 16.5. The minimum Gasteiger partial charge on any atom is -0.496 e. The van der Waals surface area contributed by atoms with Crippen LogP contribution in [0.1, 0.15) is 40.3 Å². The lowest BCUT2D eigenvalue weighted by molar-refractivity contribution is -0.131. The third-order valence-corrected chi connectivity index (χ3v) is 4.60. The first-order valence-corrected chi connectivity index (χ1v) is 8.84. The smallest absolute Gasteiger partial charge is 0.328 e. The molecule has 2 rings (SSSR count). The van der Waals surface area contributed by atoms with E-state index in [0.29, 0.717) is 5.57 Å². The number of carboxylic acids is 1. The second kappa shape index (κ2) is 9.04. The van der Waals surface area contributed by atoms with Crippen LogP contribution in [0.4, 0.5) is 0 Å². The maximum absolute atomic E-state index is 10.6. The van der Waals surface area contributed by atoms with Crippen molar-refractivity contribution in [1.82, 2.24) is 0 Å². The zero-order valence-electron chi connectivity index (χ0n) is 16.5. The SMILES string of the molecule is COc1cc(C)c(/C=C/c2ccc(/C=C/C(C)=C/C(=O)O)cc2)c(C)c1C. The van der Waals surface area contributed by atoms with Crippen molar-refractivity contribution in [3.05, 3.63) is 81.4 Å². The molecule has 0 aliphatic heterocycles. The second-order valence-electron chi connectivity index (χ2n) is 6.62. The van der Waals surface area contributed by atoms with Gasteiger partial charge in [-0.3, -0.25) is 0 Å². The zero-order chi connectivity index (χ0) is 20.0. The number of aliphatic carboxylic acids is 1. The Morgan fingerprint density at radius 2 is 1.56 bits per heavy atom. The van der Waals surface area contributed by atoms with Gasteiger partial charge >= 0.3 is 5.97 Å². The van der Waals surface area contributed by atoms with Crippen molar-refractivity contribution in [1.29, 1.82) is 0 Å². The molecule has 0 saturated carbocycles. The summed E-state index contributed by atoms with van der Waals surface area (Å²) in [6.45, 7) is 8.05. The molecule has 0 saturated heterocycles. The summed E-state index contributed by atoms with van der Waals surface area (Å²) in [5.74, 6) is -0.0116. The molecule has 0 amide bonds. The Bertz CT molecular complexity index is 914. The average Bonchev–Trinajstić information content (AvgIpc) is 2.63. The molecule has 0 spiro atoms. The fraction of sp³-hybridized carbons (Fsp3) is 0.208. The molecular weight excluding hydrogens is 336 g/mol. The number of hydrogen-bond acceptors (Lipinski definition) is 2. The number of hydrogen-bond donors (Lipinski definition) is 1. The van der Waals surface area contributed by atoms with Crippen molar-refractivity contribution in [2.75, 3.05) is 7.11 Å². The van der Waals surface area contributed by atoms with Crippen LogP contribution in [0, 0.1) is 20.8 Å². The van der Waals surface area contributed by atoms with Crippen molar-refractivity contribution < 1.29 is 14.6 Å². The van der Waals surface area contributed by atoms with Crippen molar-refractivity contribution >= 4 is 24.2 Å². The molecule has 0 fully saturated rings. The molecule has 0 heterocycles. The molecule has 0 unspecified atom stereocenters. The molecule has 0 aliphatic rings. The van der Waals surface area contributed by atoms with Crippen LogP contribution in [0.25, 0.3) is 18.2 Å². The summed E-state index contributed by atoms with van der Waals surface area (Å²) in [4.78, 5) is 10.6. The predicted molar refractivity (Wildman–Crippen MR) is 113 cm³/mol. The van der Waals surface area contributed by atoms with Crippen LogP contribution in [0.3, 0.4) is 0 Å². The fourth-order valence-electron chi connectivity index (χ4n) is 2.90. The van der Waals surface area contributed by atoms with E-state index in [4.69, 9.17) is 9.84 Å². The zero-order valence-corrected chi connectivity index (χ0v) is 16.5. The van der Waals surface area contributed by atoms with Crippen molar-refractivity contribution in [3.63, 3.8) is 0 Å². The van der Waals surface area contributed by atoms with Crippen molar-refractivity contribution in [2.24, 2.45) is 0 Å². The Kier molecular flexibility index (Phi) is 6.78. The second-order valence-corrected chi connectivity index (χ2v) is 6.62. The minimum atomic E-state index is -0.933. The van der Waals surface area contributed by atoms with Gasteiger partial charge in [0.2, 0.25) is 0 Å². The van der Waals surface area contributed by atoms with Gasteiger partial charge in [-0.25, -0.2) is 4.79 Å². The summed E-state index contributed by atoms with van der Waals surface area (Å²) in [5, 5.41) is 8.73. The van der Waals surface area contributed by atoms with E-state index in [1.165, 1.54) is 22.8 Å². The summed E-state index contributed by atoms with van der Waals surface area (Å²) in [7, 11) is 1.70. The molecule has 2 aromatic carbocycles. The summed E-state index contributed by atoms with van der Waals surface area (Å²) >= 11 is 0. The monoisotopic (exact) mass is 362 g/mol. The van der Waals surface area contributed by atoms with E-state index in [9.17, 15) is 4.79 Å². The number of carboxylic acid groups (broad SMARTS) is 1. The predicted octanol–water partition coefficient (Wildman–Crippen LogP) is 5.83. The van der Waals surface area contributed by atoms with Crippen LogP contribution in [-0.2, 0) is 4.79 Å². The average molecular weight is 362 g/mol. The van der Waals surface area contributed by atoms with Gasteiger partial charge in [0.25, 0.3) is 0 Å². The number of carbonyl (C=O) groups is 1. The summed E-state index contributed by atoms with van der Waals surface area (Å²) in [6, 6.07) is 10.2. The van der Waals surface area contributed by atoms with Crippen LogP contribution in [0.5, 0.6) is 5.75 Å². The lowest BCUT2D eigenvalue weighted by Gasteiger charge is -2.13. The number of methoxy groups -OCH3 is 1. The summed E-state index contributed by atoms with van der Waals surface area (Å²) in [5.41, 5.74) is 7.62. The van der Waals surface area contributed by atoms with Crippen LogP contribution < -0.4 is 4.74 Å².